The lowest BCUT2D eigenvalue weighted by molar-refractivity contribution is -0.125. The van der Waals surface area contributed by atoms with Gasteiger partial charge >= 0.3 is 6.03 Å². The third-order valence-corrected chi connectivity index (χ3v) is 5.20. The number of carbonyl (C=O) groups is 3. The Kier molecular flexibility index (Phi) is 6.37. The molecule has 1 aromatic heterocycles. The summed E-state index contributed by atoms with van der Waals surface area (Å²) in [5.74, 6) is 0.798. The molecule has 0 bridgehead atoms. The molecular weight excluding hydrogens is 380 g/mol. The predicted molar refractivity (Wildman–Crippen MR) is 107 cm³/mol. The summed E-state index contributed by atoms with van der Waals surface area (Å²) in [4.78, 5) is 38.7. The summed E-state index contributed by atoms with van der Waals surface area (Å²) >= 11 is 1.01. The molecule has 4 amide bonds. The van der Waals surface area contributed by atoms with E-state index in [1.807, 2.05) is 31.1 Å². The van der Waals surface area contributed by atoms with Crippen LogP contribution in [0.5, 0.6) is 0 Å². The molecule has 1 atom stereocenters. The van der Waals surface area contributed by atoms with E-state index in [2.05, 4.69) is 10.6 Å². The van der Waals surface area contributed by atoms with Crippen molar-refractivity contribution in [3.8, 4) is 0 Å². The lowest BCUT2D eigenvalue weighted by atomic mass is 10.2. The number of nitrogens with one attached hydrogen (secondary N) is 2. The largest absolute Gasteiger partial charge is 0.468 e. The number of hydrogen-bond donors (Lipinski definition) is 2. The second-order valence-electron chi connectivity index (χ2n) is 6.56. The lowest BCUT2D eigenvalue weighted by Crippen LogP contribution is -2.36. The van der Waals surface area contributed by atoms with Crippen LogP contribution in [0, 0.1) is 0 Å². The van der Waals surface area contributed by atoms with Gasteiger partial charge in [0.2, 0.25) is 5.91 Å². The molecule has 0 spiro atoms. The normalized spacial score (nSPS) is 15.2. The summed E-state index contributed by atoms with van der Waals surface area (Å²) in [6, 6.07) is 10.3. The summed E-state index contributed by atoms with van der Waals surface area (Å²) in [5, 5.41) is 5.38. The number of likely N-dealkylation sites (N-methyl/N-ethyl adjacent to an activating group) is 1. The number of anilines is 1. The first-order chi connectivity index (χ1) is 13.4. The van der Waals surface area contributed by atoms with E-state index in [-0.39, 0.29) is 35.5 Å². The van der Waals surface area contributed by atoms with Crippen LogP contribution >= 0.6 is 11.8 Å². The summed E-state index contributed by atoms with van der Waals surface area (Å²) in [7, 11) is 3.83. The van der Waals surface area contributed by atoms with Crippen LogP contribution in [0.3, 0.4) is 0 Å². The molecule has 1 saturated heterocycles. The first kappa shape index (κ1) is 20.0. The number of urea groups is 1. The van der Waals surface area contributed by atoms with Crippen molar-refractivity contribution in [3.63, 3.8) is 0 Å². The Hall–Kier alpha value is -2.78. The first-order valence-corrected chi connectivity index (χ1v) is 9.73. The minimum absolute atomic E-state index is 0.0727. The Balaban J connectivity index is 1.51. The van der Waals surface area contributed by atoms with Crippen molar-refractivity contribution in [3.05, 3.63) is 54.0 Å². The minimum atomic E-state index is -0.326. The molecule has 28 heavy (non-hydrogen) atoms. The van der Waals surface area contributed by atoms with Crippen molar-refractivity contribution in [2.24, 2.45) is 0 Å². The van der Waals surface area contributed by atoms with Crippen molar-refractivity contribution in [1.29, 1.82) is 0 Å². The summed E-state index contributed by atoms with van der Waals surface area (Å²) in [5.41, 5.74) is 1.44. The number of amides is 4. The van der Waals surface area contributed by atoms with Crippen LogP contribution in [-0.4, -0.2) is 53.4 Å². The summed E-state index contributed by atoms with van der Waals surface area (Å²) in [6.45, 7) is 0.631. The van der Waals surface area contributed by atoms with Gasteiger partial charge in [0.25, 0.3) is 5.24 Å². The Morgan fingerprint density at radius 3 is 2.57 bits per heavy atom. The van der Waals surface area contributed by atoms with Crippen molar-refractivity contribution < 1.29 is 18.8 Å². The van der Waals surface area contributed by atoms with E-state index in [9.17, 15) is 14.4 Å². The molecule has 1 aliphatic heterocycles. The average Bonchev–Trinajstić information content (AvgIpc) is 3.29. The van der Waals surface area contributed by atoms with Crippen molar-refractivity contribution in [2.45, 2.75) is 12.6 Å². The van der Waals surface area contributed by atoms with Crippen molar-refractivity contribution in [1.82, 2.24) is 15.1 Å². The van der Waals surface area contributed by atoms with Crippen LogP contribution in [0.25, 0.3) is 0 Å². The van der Waals surface area contributed by atoms with Gasteiger partial charge in [0.15, 0.2) is 0 Å². The maximum Gasteiger partial charge on any atom is 0.319 e. The number of rotatable bonds is 7. The standard InChI is InChI=1S/C19H22N4O4S/c1-22(2)15(16-4-3-9-27-16)10-20-18(25)21-14-7-5-13(6-8-14)11-23-17(24)12-28-19(23)26/h3-9,15H,10-12H2,1-2H3,(H2,20,21,25). The van der Waals surface area contributed by atoms with Gasteiger partial charge in [-0.3, -0.25) is 19.4 Å². The number of furan rings is 1. The Morgan fingerprint density at radius 1 is 1.25 bits per heavy atom. The number of imide groups is 1. The number of hydrogen-bond acceptors (Lipinski definition) is 6. The zero-order valence-electron chi connectivity index (χ0n) is 15.7. The van der Waals surface area contributed by atoms with Gasteiger partial charge in [0, 0.05) is 12.2 Å². The van der Waals surface area contributed by atoms with Gasteiger partial charge in [-0.25, -0.2) is 4.79 Å². The van der Waals surface area contributed by atoms with Crippen LogP contribution in [-0.2, 0) is 11.3 Å². The van der Waals surface area contributed by atoms with Gasteiger partial charge in [-0.15, -0.1) is 0 Å². The minimum Gasteiger partial charge on any atom is -0.468 e. The molecule has 1 aromatic carbocycles. The molecule has 3 rings (SSSR count). The molecule has 0 radical (unpaired) electrons. The number of thioether (sulfide) groups is 1. The maximum absolute atomic E-state index is 12.2. The van der Waals surface area contributed by atoms with E-state index < -0.39 is 0 Å². The highest BCUT2D eigenvalue weighted by Gasteiger charge is 2.29. The molecule has 0 aliphatic carbocycles. The van der Waals surface area contributed by atoms with Crippen molar-refractivity contribution >= 4 is 34.6 Å². The van der Waals surface area contributed by atoms with Gasteiger partial charge in [0.05, 0.1) is 24.6 Å². The smallest absolute Gasteiger partial charge is 0.319 e. The van der Waals surface area contributed by atoms with Crippen LogP contribution in [0.2, 0.25) is 0 Å². The molecule has 2 heterocycles. The number of nitrogens with zero attached hydrogens (tertiary/aromatic N) is 2. The van der Waals surface area contributed by atoms with Gasteiger partial charge in [-0.05, 0) is 43.9 Å². The summed E-state index contributed by atoms with van der Waals surface area (Å²) in [6.07, 6.45) is 1.61. The number of benzene rings is 1. The van der Waals surface area contributed by atoms with E-state index in [0.29, 0.717) is 12.2 Å². The third-order valence-electron chi connectivity index (χ3n) is 4.34. The van der Waals surface area contributed by atoms with Gasteiger partial charge in [-0.1, -0.05) is 23.9 Å². The fourth-order valence-electron chi connectivity index (χ4n) is 2.79. The highest BCUT2D eigenvalue weighted by molar-refractivity contribution is 8.14. The van der Waals surface area contributed by atoms with Gasteiger partial charge in [-0.2, -0.15) is 0 Å². The second-order valence-corrected chi connectivity index (χ2v) is 7.49. The molecule has 1 aliphatic rings. The van der Waals surface area contributed by atoms with Crippen LogP contribution in [0.15, 0.2) is 47.1 Å². The lowest BCUT2D eigenvalue weighted by Gasteiger charge is -2.22. The highest BCUT2D eigenvalue weighted by Crippen LogP contribution is 2.22. The Labute approximate surface area is 167 Å². The third kappa shape index (κ3) is 4.93. The van der Waals surface area contributed by atoms with Gasteiger partial charge in [0.1, 0.15) is 5.76 Å². The molecule has 148 valence electrons. The fourth-order valence-corrected chi connectivity index (χ4v) is 3.52. The fraction of sp³-hybridized carbons (Fsp3) is 0.316. The number of carbonyl (C=O) groups excluding carboxylic acids is 3. The zero-order valence-corrected chi connectivity index (χ0v) is 16.5. The predicted octanol–water partition coefficient (Wildman–Crippen LogP) is 2.90. The zero-order chi connectivity index (χ0) is 20.1. The van der Waals surface area contributed by atoms with E-state index in [0.717, 1.165) is 23.1 Å². The van der Waals surface area contributed by atoms with Crippen LogP contribution in [0.4, 0.5) is 15.3 Å². The monoisotopic (exact) mass is 402 g/mol. The van der Waals surface area contributed by atoms with Crippen LogP contribution < -0.4 is 10.6 Å². The van der Waals surface area contributed by atoms with Crippen LogP contribution in [0.1, 0.15) is 17.4 Å². The van der Waals surface area contributed by atoms with E-state index >= 15 is 0 Å². The Bertz CT molecular complexity index is 820. The topological polar surface area (TPSA) is 94.9 Å². The van der Waals surface area contributed by atoms with Crippen molar-refractivity contribution in [2.75, 3.05) is 31.7 Å². The van der Waals surface area contributed by atoms with E-state index in [1.54, 1.807) is 30.5 Å². The quantitative estimate of drug-likeness (QED) is 0.739. The van der Waals surface area contributed by atoms with E-state index in [1.165, 1.54) is 4.90 Å². The first-order valence-electron chi connectivity index (χ1n) is 8.75. The van der Waals surface area contributed by atoms with Gasteiger partial charge < -0.3 is 15.1 Å². The molecule has 8 nitrogen and oxygen atoms in total. The molecule has 0 saturated carbocycles. The SMILES string of the molecule is CN(C)C(CNC(=O)Nc1ccc(CN2C(=O)CSC2=O)cc1)c1ccco1. The molecular formula is C19H22N4O4S. The summed E-state index contributed by atoms with van der Waals surface area (Å²) < 4.78 is 5.42. The molecule has 1 fully saturated rings. The Morgan fingerprint density at radius 2 is 2.00 bits per heavy atom. The maximum atomic E-state index is 12.2. The highest BCUT2D eigenvalue weighted by atomic mass is 32.2. The van der Waals surface area contributed by atoms with E-state index in [4.69, 9.17) is 4.42 Å². The average molecular weight is 402 g/mol. The molecule has 1 unspecified atom stereocenters. The molecule has 2 N–H and O–H groups in total. The molecule has 9 heteroatoms. The molecule has 2 aromatic rings. The second kappa shape index (κ2) is 8.94.